The molecule has 2 saturated carbocycles. The van der Waals surface area contributed by atoms with Gasteiger partial charge in [-0.3, -0.25) is 9.78 Å². The first kappa shape index (κ1) is 27.4. The quantitative estimate of drug-likeness (QED) is 0.211. The summed E-state index contributed by atoms with van der Waals surface area (Å²) in [6, 6.07) is 4.85. The second kappa shape index (κ2) is 10.9. The van der Waals surface area contributed by atoms with E-state index >= 15 is 0 Å². The summed E-state index contributed by atoms with van der Waals surface area (Å²) in [6.07, 6.45) is 1.57. The number of anilines is 2. The lowest BCUT2D eigenvalue weighted by Crippen LogP contribution is -2.38. The molecule has 2 aliphatic carbocycles. The van der Waals surface area contributed by atoms with Crippen LogP contribution in [0.2, 0.25) is 0 Å². The highest BCUT2D eigenvalue weighted by Gasteiger charge is 2.45. The minimum Gasteiger partial charge on any atom is -0.390 e. The van der Waals surface area contributed by atoms with E-state index in [-0.39, 0.29) is 30.4 Å². The standard InChI is InChI=1S/C28H29F2N7O3S/c1-12-20(27-36-22-19(41-27)8-9-32-21(22)13-6-7-13)25(35-18-10-14(26(40)31-2)23(38)24(18)39)37-28(34-12)33-11-15-16(29)4-3-5-17(15)30/h3-5,8-9,13-14,18,23-24,38-39H,6-7,10-11H2,1-2H3,(H,31,40)(H2,33,34,35,37). The number of aliphatic hydroxyl groups excluding tert-OH is 2. The Labute approximate surface area is 238 Å². The Morgan fingerprint density at radius 2 is 1.85 bits per heavy atom. The number of fused-ring (bicyclic) bond motifs is 1. The summed E-state index contributed by atoms with van der Waals surface area (Å²) in [7, 11) is 1.47. The maximum atomic E-state index is 14.2. The fourth-order valence-electron chi connectivity index (χ4n) is 5.31. The zero-order valence-electron chi connectivity index (χ0n) is 22.4. The van der Waals surface area contributed by atoms with Crippen LogP contribution in [0.1, 0.15) is 42.1 Å². The number of hydrogen-bond donors (Lipinski definition) is 5. The molecule has 1 aromatic carbocycles. The maximum Gasteiger partial charge on any atom is 0.225 e. The molecule has 0 bridgehead atoms. The first-order valence-electron chi connectivity index (χ1n) is 13.4. The largest absolute Gasteiger partial charge is 0.390 e. The van der Waals surface area contributed by atoms with Crippen molar-refractivity contribution >= 4 is 39.2 Å². The van der Waals surface area contributed by atoms with E-state index in [0.29, 0.717) is 28.0 Å². The van der Waals surface area contributed by atoms with Gasteiger partial charge in [-0.1, -0.05) is 6.07 Å². The van der Waals surface area contributed by atoms with Crippen LogP contribution in [0.25, 0.3) is 20.8 Å². The Bertz CT molecular complexity index is 1610. The number of aliphatic hydroxyl groups is 2. The molecule has 4 unspecified atom stereocenters. The summed E-state index contributed by atoms with van der Waals surface area (Å²) in [6.45, 7) is 1.58. The van der Waals surface area contributed by atoms with E-state index in [9.17, 15) is 23.8 Å². The number of thiazole rings is 1. The van der Waals surface area contributed by atoms with Crippen molar-refractivity contribution in [3.8, 4) is 10.6 Å². The third-order valence-electron chi connectivity index (χ3n) is 7.68. The second-order valence-electron chi connectivity index (χ2n) is 10.4. The molecule has 0 radical (unpaired) electrons. The first-order valence-corrected chi connectivity index (χ1v) is 14.2. The fraction of sp³-hybridized carbons (Fsp3) is 0.393. The Morgan fingerprint density at radius 3 is 2.56 bits per heavy atom. The fourth-order valence-corrected chi connectivity index (χ4v) is 6.38. The number of benzene rings is 1. The van der Waals surface area contributed by atoms with E-state index in [1.54, 1.807) is 13.1 Å². The van der Waals surface area contributed by atoms with Crippen LogP contribution in [0.15, 0.2) is 30.5 Å². The van der Waals surface area contributed by atoms with Crippen molar-refractivity contribution in [2.45, 2.75) is 56.9 Å². The lowest BCUT2D eigenvalue weighted by Gasteiger charge is -2.21. The van der Waals surface area contributed by atoms with Crippen molar-refractivity contribution in [1.29, 1.82) is 0 Å². The molecule has 10 nitrogen and oxygen atoms in total. The molecule has 5 N–H and O–H groups in total. The molecule has 4 aromatic rings. The highest BCUT2D eigenvalue weighted by molar-refractivity contribution is 7.21. The summed E-state index contributed by atoms with van der Waals surface area (Å²) in [5, 5.41) is 30.6. The molecule has 2 fully saturated rings. The van der Waals surface area contributed by atoms with Crippen LogP contribution in [0.3, 0.4) is 0 Å². The highest BCUT2D eigenvalue weighted by Crippen LogP contribution is 2.44. The zero-order chi connectivity index (χ0) is 28.8. The average molecular weight is 582 g/mol. The van der Waals surface area contributed by atoms with Gasteiger partial charge in [0, 0.05) is 31.3 Å². The number of pyridine rings is 1. The van der Waals surface area contributed by atoms with Gasteiger partial charge in [-0.05, 0) is 44.4 Å². The third kappa shape index (κ3) is 5.20. The van der Waals surface area contributed by atoms with Crippen molar-refractivity contribution in [3.63, 3.8) is 0 Å². The monoisotopic (exact) mass is 581 g/mol. The maximum absolute atomic E-state index is 14.2. The Balaban J connectivity index is 1.39. The topological polar surface area (TPSA) is 145 Å². The Kier molecular flexibility index (Phi) is 7.26. The number of carbonyl (C=O) groups excluding carboxylic acids is 1. The van der Waals surface area contributed by atoms with Gasteiger partial charge < -0.3 is 26.2 Å². The second-order valence-corrected chi connectivity index (χ2v) is 11.5. The van der Waals surface area contributed by atoms with Gasteiger partial charge in [-0.15, -0.1) is 11.3 Å². The van der Waals surface area contributed by atoms with Gasteiger partial charge in [-0.2, -0.15) is 4.98 Å². The normalized spacial score (nSPS) is 22.2. The summed E-state index contributed by atoms with van der Waals surface area (Å²) in [5.41, 5.74) is 2.76. The third-order valence-corrected chi connectivity index (χ3v) is 8.71. The predicted molar refractivity (Wildman–Crippen MR) is 150 cm³/mol. The number of amides is 1. The van der Waals surface area contributed by atoms with Crippen LogP contribution in [0.5, 0.6) is 0 Å². The van der Waals surface area contributed by atoms with Crippen LogP contribution in [0.4, 0.5) is 20.5 Å². The van der Waals surface area contributed by atoms with Crippen molar-refractivity contribution < 1.29 is 23.8 Å². The van der Waals surface area contributed by atoms with Gasteiger partial charge in [0.25, 0.3) is 0 Å². The molecule has 214 valence electrons. The first-order chi connectivity index (χ1) is 19.7. The van der Waals surface area contributed by atoms with Gasteiger partial charge in [0.05, 0.1) is 39.7 Å². The van der Waals surface area contributed by atoms with Gasteiger partial charge in [-0.25, -0.2) is 18.7 Å². The molecule has 0 aliphatic heterocycles. The van der Waals surface area contributed by atoms with Crippen molar-refractivity contribution in [2.24, 2.45) is 5.92 Å². The molecular formula is C28H29F2N7O3S. The lowest BCUT2D eigenvalue weighted by atomic mass is 10.1. The van der Waals surface area contributed by atoms with E-state index in [4.69, 9.17) is 4.98 Å². The van der Waals surface area contributed by atoms with Gasteiger partial charge in [0.1, 0.15) is 34.1 Å². The number of aromatic nitrogens is 4. The molecule has 13 heteroatoms. The van der Waals surface area contributed by atoms with Crippen molar-refractivity contribution in [1.82, 2.24) is 25.3 Å². The molecule has 41 heavy (non-hydrogen) atoms. The van der Waals surface area contributed by atoms with Crippen molar-refractivity contribution in [2.75, 3.05) is 17.7 Å². The van der Waals surface area contributed by atoms with Crippen LogP contribution in [-0.4, -0.2) is 61.4 Å². The number of carbonyl (C=O) groups is 1. The van der Waals surface area contributed by atoms with E-state index in [2.05, 4.69) is 30.9 Å². The highest BCUT2D eigenvalue weighted by atomic mass is 32.1. The summed E-state index contributed by atoms with van der Waals surface area (Å²) >= 11 is 1.46. The predicted octanol–water partition coefficient (Wildman–Crippen LogP) is 3.49. The summed E-state index contributed by atoms with van der Waals surface area (Å²) < 4.78 is 29.5. The van der Waals surface area contributed by atoms with Crippen LogP contribution < -0.4 is 16.0 Å². The lowest BCUT2D eigenvalue weighted by molar-refractivity contribution is -0.128. The average Bonchev–Trinajstić information content (AvgIpc) is 3.65. The molecular weight excluding hydrogens is 552 g/mol. The molecule has 0 saturated heterocycles. The summed E-state index contributed by atoms with van der Waals surface area (Å²) in [5.74, 6) is -1.76. The number of hydrogen-bond acceptors (Lipinski definition) is 10. The number of halogens is 2. The molecule has 1 amide bonds. The minimum absolute atomic E-state index is 0.105. The molecule has 3 heterocycles. The molecule has 6 rings (SSSR count). The number of nitrogens with zero attached hydrogens (tertiary/aromatic N) is 4. The number of nitrogens with one attached hydrogen (secondary N) is 3. The number of rotatable bonds is 8. The Morgan fingerprint density at radius 1 is 1.10 bits per heavy atom. The Hall–Kier alpha value is -3.81. The molecule has 4 atom stereocenters. The molecule has 3 aromatic heterocycles. The van der Waals surface area contributed by atoms with Crippen molar-refractivity contribution in [3.05, 3.63) is 59.0 Å². The van der Waals surface area contributed by atoms with Gasteiger partial charge in [0.15, 0.2) is 0 Å². The van der Waals surface area contributed by atoms with Crippen LogP contribution >= 0.6 is 11.3 Å². The molecule has 2 aliphatic rings. The van der Waals surface area contributed by atoms with E-state index < -0.39 is 35.8 Å². The van der Waals surface area contributed by atoms with Crippen LogP contribution in [-0.2, 0) is 11.3 Å². The van der Waals surface area contributed by atoms with Crippen LogP contribution in [0, 0.1) is 24.5 Å². The summed E-state index contributed by atoms with van der Waals surface area (Å²) in [4.78, 5) is 31.0. The minimum atomic E-state index is -1.27. The number of aryl methyl sites for hydroxylation is 1. The molecule has 0 spiro atoms. The van der Waals surface area contributed by atoms with Gasteiger partial charge >= 0.3 is 0 Å². The zero-order valence-corrected chi connectivity index (χ0v) is 23.2. The smallest absolute Gasteiger partial charge is 0.225 e. The SMILES string of the molecule is CNC(=O)C1CC(Nc2nc(NCc3c(F)cccc3F)nc(C)c2-c2nc3c(C4CC4)nccc3s2)C(O)C1O. The van der Waals surface area contributed by atoms with E-state index in [0.717, 1.165) is 28.8 Å². The van der Waals surface area contributed by atoms with Gasteiger partial charge in [0.2, 0.25) is 11.9 Å². The van der Waals surface area contributed by atoms with E-state index in [1.165, 1.54) is 36.6 Å². The van der Waals surface area contributed by atoms with E-state index in [1.807, 2.05) is 6.07 Å².